The average molecular weight is 391 g/mol. The van der Waals surface area contributed by atoms with Gasteiger partial charge < -0.3 is 15.8 Å². The molecule has 20 heavy (non-hydrogen) atoms. The molecule has 0 spiro atoms. The molecule has 0 aliphatic rings. The van der Waals surface area contributed by atoms with Crippen LogP contribution in [-0.4, -0.2) is 25.1 Å². The number of aliphatic imine (C=N–C) groups is 1. The molecule has 0 amide bonds. The van der Waals surface area contributed by atoms with Crippen LogP contribution in [0, 0.1) is 0 Å². The number of carbonyl (C=O) groups is 1. The summed E-state index contributed by atoms with van der Waals surface area (Å²) in [5, 5.41) is 3.08. The Morgan fingerprint density at radius 3 is 2.80 bits per heavy atom. The minimum atomic E-state index is -0.350. The fraction of sp³-hybridized carbons (Fsp3) is 0.429. The van der Waals surface area contributed by atoms with E-state index in [1.807, 2.05) is 13.0 Å². The Morgan fingerprint density at radius 1 is 1.50 bits per heavy atom. The number of nitrogens with zero attached hydrogens (tertiary/aromatic N) is 1. The first-order valence-electron chi connectivity index (χ1n) is 6.30. The fourth-order valence-electron chi connectivity index (χ4n) is 1.49. The SMILES string of the molecule is CCC(C)NC(N)=NCc1cccc(C(=O)OC)c1.I. The second-order valence-electron chi connectivity index (χ2n) is 4.35. The number of ether oxygens (including phenoxy) is 1. The zero-order valence-corrected chi connectivity index (χ0v) is 14.4. The van der Waals surface area contributed by atoms with Gasteiger partial charge in [-0.2, -0.15) is 0 Å². The molecule has 0 bridgehead atoms. The molecule has 0 aliphatic carbocycles. The van der Waals surface area contributed by atoms with E-state index >= 15 is 0 Å². The molecular formula is C14H22IN3O2. The Kier molecular flexibility index (Phi) is 8.94. The summed E-state index contributed by atoms with van der Waals surface area (Å²) in [5.41, 5.74) is 7.20. The number of esters is 1. The molecule has 112 valence electrons. The number of guanidine groups is 1. The Hall–Kier alpha value is -1.31. The van der Waals surface area contributed by atoms with Crippen LogP contribution in [0.2, 0.25) is 0 Å². The van der Waals surface area contributed by atoms with Gasteiger partial charge in [0.25, 0.3) is 0 Å². The van der Waals surface area contributed by atoms with Crippen molar-refractivity contribution in [3.8, 4) is 0 Å². The zero-order chi connectivity index (χ0) is 14.3. The highest BCUT2D eigenvalue weighted by Crippen LogP contribution is 2.07. The predicted molar refractivity (Wildman–Crippen MR) is 91.4 cm³/mol. The third-order valence-electron chi connectivity index (χ3n) is 2.79. The van der Waals surface area contributed by atoms with Gasteiger partial charge in [0, 0.05) is 6.04 Å². The van der Waals surface area contributed by atoms with E-state index < -0.39 is 0 Å². The van der Waals surface area contributed by atoms with Gasteiger partial charge in [-0.1, -0.05) is 19.1 Å². The molecule has 3 N–H and O–H groups in total. The molecule has 0 aromatic heterocycles. The maximum atomic E-state index is 11.4. The molecule has 0 heterocycles. The average Bonchev–Trinajstić information content (AvgIpc) is 2.44. The minimum Gasteiger partial charge on any atom is -0.465 e. The first-order chi connectivity index (χ1) is 9.06. The van der Waals surface area contributed by atoms with Gasteiger partial charge in [0.2, 0.25) is 0 Å². The third kappa shape index (κ3) is 6.23. The Labute approximate surface area is 137 Å². The van der Waals surface area contributed by atoms with E-state index in [0.717, 1.165) is 12.0 Å². The van der Waals surface area contributed by atoms with Crippen LogP contribution in [0.25, 0.3) is 0 Å². The van der Waals surface area contributed by atoms with Crippen molar-refractivity contribution in [2.24, 2.45) is 10.7 Å². The lowest BCUT2D eigenvalue weighted by molar-refractivity contribution is 0.0600. The number of halogens is 1. The second-order valence-corrected chi connectivity index (χ2v) is 4.35. The number of hydrogen-bond donors (Lipinski definition) is 2. The first-order valence-corrected chi connectivity index (χ1v) is 6.30. The second kappa shape index (κ2) is 9.57. The Morgan fingerprint density at radius 2 is 2.20 bits per heavy atom. The van der Waals surface area contributed by atoms with Gasteiger partial charge in [0.05, 0.1) is 19.2 Å². The van der Waals surface area contributed by atoms with Gasteiger partial charge in [-0.3, -0.25) is 0 Å². The van der Waals surface area contributed by atoms with E-state index in [4.69, 9.17) is 5.73 Å². The molecule has 1 aromatic carbocycles. The normalized spacial score (nSPS) is 12.2. The van der Waals surface area contributed by atoms with Crippen molar-refractivity contribution in [3.63, 3.8) is 0 Å². The highest BCUT2D eigenvalue weighted by atomic mass is 127. The van der Waals surface area contributed by atoms with Crippen molar-refractivity contribution in [2.45, 2.75) is 32.9 Å². The van der Waals surface area contributed by atoms with Crippen LogP contribution in [0.1, 0.15) is 36.2 Å². The van der Waals surface area contributed by atoms with Gasteiger partial charge in [-0.25, -0.2) is 9.79 Å². The molecular weight excluding hydrogens is 369 g/mol. The maximum Gasteiger partial charge on any atom is 0.337 e. The number of hydrogen-bond acceptors (Lipinski definition) is 3. The van der Waals surface area contributed by atoms with Crippen LogP contribution in [0.4, 0.5) is 0 Å². The summed E-state index contributed by atoms with van der Waals surface area (Å²) in [6.07, 6.45) is 0.980. The number of carbonyl (C=O) groups excluding carboxylic acids is 1. The molecule has 0 fully saturated rings. The number of benzene rings is 1. The van der Waals surface area contributed by atoms with Crippen LogP contribution in [-0.2, 0) is 11.3 Å². The van der Waals surface area contributed by atoms with E-state index in [0.29, 0.717) is 24.1 Å². The van der Waals surface area contributed by atoms with Crippen molar-refractivity contribution in [1.29, 1.82) is 0 Å². The van der Waals surface area contributed by atoms with Crippen LogP contribution in [0.15, 0.2) is 29.3 Å². The van der Waals surface area contributed by atoms with Crippen molar-refractivity contribution in [1.82, 2.24) is 5.32 Å². The number of nitrogens with two attached hydrogens (primary N) is 1. The van der Waals surface area contributed by atoms with Crippen LogP contribution in [0.3, 0.4) is 0 Å². The molecule has 0 saturated carbocycles. The number of nitrogens with one attached hydrogen (secondary N) is 1. The zero-order valence-electron chi connectivity index (χ0n) is 12.1. The summed E-state index contributed by atoms with van der Waals surface area (Å²) in [6, 6.07) is 7.46. The smallest absolute Gasteiger partial charge is 0.337 e. The van der Waals surface area contributed by atoms with Crippen LogP contribution in [0.5, 0.6) is 0 Å². The van der Waals surface area contributed by atoms with E-state index in [1.165, 1.54) is 7.11 Å². The summed E-state index contributed by atoms with van der Waals surface area (Å²) in [6.45, 7) is 4.55. The minimum absolute atomic E-state index is 0. The lowest BCUT2D eigenvalue weighted by atomic mass is 10.1. The van der Waals surface area contributed by atoms with Gasteiger partial charge >= 0.3 is 5.97 Å². The molecule has 0 aliphatic heterocycles. The highest BCUT2D eigenvalue weighted by Gasteiger charge is 2.05. The van der Waals surface area contributed by atoms with E-state index in [1.54, 1.807) is 18.2 Å². The predicted octanol–water partition coefficient (Wildman–Crippen LogP) is 2.29. The van der Waals surface area contributed by atoms with Gasteiger partial charge in [-0.05, 0) is 31.0 Å². The topological polar surface area (TPSA) is 76.7 Å². The summed E-state index contributed by atoms with van der Waals surface area (Å²) in [4.78, 5) is 15.6. The number of rotatable bonds is 5. The summed E-state index contributed by atoms with van der Waals surface area (Å²) >= 11 is 0. The molecule has 1 unspecified atom stereocenters. The summed E-state index contributed by atoms with van der Waals surface area (Å²) in [7, 11) is 1.36. The van der Waals surface area contributed by atoms with Crippen molar-refractivity contribution < 1.29 is 9.53 Å². The van der Waals surface area contributed by atoms with Crippen molar-refractivity contribution in [2.75, 3.05) is 7.11 Å². The van der Waals surface area contributed by atoms with E-state index in [9.17, 15) is 4.79 Å². The van der Waals surface area contributed by atoms with E-state index in [2.05, 4.69) is 22.0 Å². The standard InChI is InChI=1S/C14H21N3O2.HI/c1-4-10(2)17-14(15)16-9-11-6-5-7-12(8-11)13(18)19-3;/h5-8,10H,4,9H2,1-3H3,(H3,15,16,17);1H. The molecule has 1 aromatic rings. The molecule has 0 radical (unpaired) electrons. The maximum absolute atomic E-state index is 11.4. The van der Waals surface area contributed by atoms with Gasteiger partial charge in [0.1, 0.15) is 0 Å². The quantitative estimate of drug-likeness (QED) is 0.350. The van der Waals surface area contributed by atoms with E-state index in [-0.39, 0.29) is 29.9 Å². The lowest BCUT2D eigenvalue weighted by Crippen LogP contribution is -2.38. The Bertz CT molecular complexity index is 463. The van der Waals surface area contributed by atoms with Gasteiger partial charge in [-0.15, -0.1) is 24.0 Å². The van der Waals surface area contributed by atoms with Gasteiger partial charge in [0.15, 0.2) is 5.96 Å². The lowest BCUT2D eigenvalue weighted by Gasteiger charge is -2.11. The molecule has 1 atom stereocenters. The van der Waals surface area contributed by atoms with Crippen molar-refractivity contribution >= 4 is 35.9 Å². The molecule has 0 saturated heterocycles. The highest BCUT2D eigenvalue weighted by molar-refractivity contribution is 14.0. The molecule has 6 heteroatoms. The first kappa shape index (κ1) is 18.7. The molecule has 5 nitrogen and oxygen atoms in total. The van der Waals surface area contributed by atoms with Crippen LogP contribution < -0.4 is 11.1 Å². The number of methoxy groups -OCH3 is 1. The summed E-state index contributed by atoms with van der Waals surface area (Å²) < 4.78 is 4.67. The fourth-order valence-corrected chi connectivity index (χ4v) is 1.49. The molecule has 1 rings (SSSR count). The monoisotopic (exact) mass is 391 g/mol. The summed E-state index contributed by atoms with van der Waals surface area (Å²) in [5.74, 6) is 0.0642. The largest absolute Gasteiger partial charge is 0.465 e. The Balaban J connectivity index is 0.00000361. The van der Waals surface area contributed by atoms with Crippen molar-refractivity contribution in [3.05, 3.63) is 35.4 Å². The third-order valence-corrected chi connectivity index (χ3v) is 2.79. The van der Waals surface area contributed by atoms with Crippen LogP contribution >= 0.6 is 24.0 Å².